The van der Waals surface area contributed by atoms with E-state index in [1.54, 1.807) is 0 Å². The van der Waals surface area contributed by atoms with Crippen LogP contribution in [0.3, 0.4) is 0 Å². The van der Waals surface area contributed by atoms with Gasteiger partial charge in [0.25, 0.3) is 0 Å². The van der Waals surface area contributed by atoms with Crippen LogP contribution in [0.25, 0.3) is 11.4 Å². The van der Waals surface area contributed by atoms with Gasteiger partial charge in [-0.3, -0.25) is 0 Å². The first-order valence-electron chi connectivity index (χ1n) is 7.82. The normalized spacial score (nSPS) is 9.95. The summed E-state index contributed by atoms with van der Waals surface area (Å²) >= 11 is 0. The Hall–Kier alpha value is -1.90. The second kappa shape index (κ2) is 8.40. The molecule has 0 atom stereocenters. The molecule has 21 heavy (non-hydrogen) atoms. The minimum Gasteiger partial charge on any atom is -0.383 e. The highest BCUT2D eigenvalue weighted by atomic mass is 14.9. The summed E-state index contributed by atoms with van der Waals surface area (Å²) in [4.78, 5) is 8.87. The number of benzene rings is 1. The molecule has 2 rings (SSSR count). The zero-order chi connectivity index (χ0) is 15.8. The van der Waals surface area contributed by atoms with Gasteiger partial charge in [-0.1, -0.05) is 51.5 Å². The molecule has 2 aromatic rings. The zero-order valence-electron chi connectivity index (χ0n) is 13.9. The Labute approximate surface area is 128 Å². The number of hydrogen-bond acceptors (Lipinski definition) is 3. The molecule has 0 aliphatic rings. The summed E-state index contributed by atoms with van der Waals surface area (Å²) in [6.45, 7) is 10.1. The van der Waals surface area contributed by atoms with Crippen molar-refractivity contribution in [3.05, 3.63) is 41.1 Å². The van der Waals surface area contributed by atoms with Crippen LogP contribution < -0.4 is 5.73 Å². The summed E-state index contributed by atoms with van der Waals surface area (Å²) in [5.41, 5.74) is 10.2. The maximum absolute atomic E-state index is 5.90. The molecule has 3 heteroatoms. The monoisotopic (exact) mass is 285 g/mol. The van der Waals surface area contributed by atoms with Gasteiger partial charge in [0.15, 0.2) is 5.82 Å². The average molecular weight is 285 g/mol. The number of aryl methyl sites for hydroxylation is 2. The molecule has 3 nitrogen and oxygen atoms in total. The fourth-order valence-corrected chi connectivity index (χ4v) is 1.98. The van der Waals surface area contributed by atoms with Crippen LogP contribution in [0, 0.1) is 13.8 Å². The molecule has 0 aliphatic carbocycles. The predicted octanol–water partition coefficient (Wildman–Crippen LogP) is 4.71. The maximum Gasteiger partial charge on any atom is 0.161 e. The number of nitrogen functional groups attached to an aromatic ring is 1. The van der Waals surface area contributed by atoms with Crippen LogP contribution >= 0.6 is 0 Å². The number of nitrogens with two attached hydrogens (primary N) is 1. The van der Waals surface area contributed by atoms with Crippen molar-refractivity contribution in [2.75, 3.05) is 5.73 Å². The maximum atomic E-state index is 5.90. The molecule has 1 aromatic heterocycles. The van der Waals surface area contributed by atoms with Gasteiger partial charge in [-0.25, -0.2) is 9.97 Å². The van der Waals surface area contributed by atoms with Crippen molar-refractivity contribution in [1.29, 1.82) is 0 Å². The van der Waals surface area contributed by atoms with Crippen molar-refractivity contribution in [3.8, 4) is 11.4 Å². The van der Waals surface area contributed by atoms with Crippen molar-refractivity contribution in [2.24, 2.45) is 0 Å². The van der Waals surface area contributed by atoms with Gasteiger partial charge in [-0.05, 0) is 32.3 Å². The fraction of sp³-hybridized carbons (Fsp3) is 0.444. The topological polar surface area (TPSA) is 51.8 Å². The van der Waals surface area contributed by atoms with Crippen molar-refractivity contribution < 1.29 is 0 Å². The van der Waals surface area contributed by atoms with Crippen molar-refractivity contribution in [1.82, 2.24) is 9.97 Å². The van der Waals surface area contributed by atoms with Crippen LogP contribution in [-0.4, -0.2) is 9.97 Å². The van der Waals surface area contributed by atoms with E-state index in [1.165, 1.54) is 18.4 Å². The molecule has 0 saturated carbocycles. The minimum atomic E-state index is 0.567. The lowest BCUT2D eigenvalue weighted by Crippen LogP contribution is -2.02. The molecule has 0 amide bonds. The molecule has 114 valence electrons. The van der Waals surface area contributed by atoms with E-state index in [0.29, 0.717) is 11.6 Å². The molecule has 0 bridgehead atoms. The van der Waals surface area contributed by atoms with Gasteiger partial charge in [0.2, 0.25) is 0 Å². The van der Waals surface area contributed by atoms with Crippen molar-refractivity contribution in [3.63, 3.8) is 0 Å². The molecule has 0 aliphatic heterocycles. The molecule has 0 radical (unpaired) electrons. The highest BCUT2D eigenvalue weighted by Crippen LogP contribution is 2.20. The number of unbranched alkanes of at least 4 members (excludes halogenated alkanes) is 1. The zero-order valence-corrected chi connectivity index (χ0v) is 13.9. The highest BCUT2D eigenvalue weighted by molar-refractivity contribution is 5.59. The van der Waals surface area contributed by atoms with E-state index < -0.39 is 0 Å². The van der Waals surface area contributed by atoms with Crippen LogP contribution in [0.4, 0.5) is 5.82 Å². The number of nitrogens with zero attached hydrogens (tertiary/aromatic N) is 2. The third-order valence-corrected chi connectivity index (χ3v) is 3.46. The molecule has 0 spiro atoms. The van der Waals surface area contributed by atoms with Crippen LogP contribution in [0.2, 0.25) is 0 Å². The van der Waals surface area contributed by atoms with Crippen LogP contribution in [0.5, 0.6) is 0 Å². The van der Waals surface area contributed by atoms with Gasteiger partial charge < -0.3 is 5.73 Å². The van der Waals surface area contributed by atoms with Gasteiger partial charge in [-0.2, -0.15) is 0 Å². The summed E-state index contributed by atoms with van der Waals surface area (Å²) in [5.74, 6) is 1.28. The van der Waals surface area contributed by atoms with Crippen LogP contribution in [0.1, 0.15) is 50.4 Å². The first-order chi connectivity index (χ1) is 10.1. The summed E-state index contributed by atoms with van der Waals surface area (Å²) in [6, 6.07) is 8.46. The SMILES string of the molecule is CC.CCCCc1ccc(-c2nc(C)c(C)c(N)n2)cc1. The average Bonchev–Trinajstić information content (AvgIpc) is 2.52. The minimum absolute atomic E-state index is 0.567. The Balaban J connectivity index is 0.00000106. The molecule has 2 N–H and O–H groups in total. The number of aromatic nitrogens is 2. The lowest BCUT2D eigenvalue weighted by molar-refractivity contribution is 0.795. The van der Waals surface area contributed by atoms with E-state index in [-0.39, 0.29) is 0 Å². The quantitative estimate of drug-likeness (QED) is 0.885. The highest BCUT2D eigenvalue weighted by Gasteiger charge is 2.07. The smallest absolute Gasteiger partial charge is 0.161 e. The standard InChI is InChI=1S/C16H21N3.C2H6/c1-4-5-6-13-7-9-14(10-8-13)16-18-12(3)11(2)15(17)19-16;1-2/h7-10H,4-6H2,1-3H3,(H2,17,18,19);1-2H3. The molecule has 0 fully saturated rings. The summed E-state index contributed by atoms with van der Waals surface area (Å²) in [6.07, 6.45) is 3.58. The number of anilines is 1. The number of hydrogen-bond donors (Lipinski definition) is 1. The molecule has 1 heterocycles. The summed E-state index contributed by atoms with van der Waals surface area (Å²) in [5, 5.41) is 0. The van der Waals surface area contributed by atoms with Gasteiger partial charge in [0, 0.05) is 16.8 Å². The Kier molecular flexibility index (Phi) is 6.86. The van der Waals surface area contributed by atoms with E-state index in [1.807, 2.05) is 27.7 Å². The van der Waals surface area contributed by atoms with E-state index in [0.717, 1.165) is 23.2 Å². The lowest BCUT2D eigenvalue weighted by Gasteiger charge is -2.07. The van der Waals surface area contributed by atoms with Crippen molar-refractivity contribution >= 4 is 5.82 Å². The van der Waals surface area contributed by atoms with E-state index in [4.69, 9.17) is 5.73 Å². The van der Waals surface area contributed by atoms with E-state index in [2.05, 4.69) is 41.2 Å². The van der Waals surface area contributed by atoms with Crippen LogP contribution in [0.15, 0.2) is 24.3 Å². The van der Waals surface area contributed by atoms with E-state index >= 15 is 0 Å². The van der Waals surface area contributed by atoms with Gasteiger partial charge in [-0.15, -0.1) is 0 Å². The van der Waals surface area contributed by atoms with E-state index in [9.17, 15) is 0 Å². The molecule has 0 unspecified atom stereocenters. The summed E-state index contributed by atoms with van der Waals surface area (Å²) < 4.78 is 0. The second-order valence-corrected chi connectivity index (χ2v) is 4.94. The molecular formula is C18H27N3. The predicted molar refractivity (Wildman–Crippen MR) is 91.3 cm³/mol. The molecule has 1 aromatic carbocycles. The molecular weight excluding hydrogens is 258 g/mol. The lowest BCUT2D eigenvalue weighted by atomic mass is 10.1. The summed E-state index contributed by atoms with van der Waals surface area (Å²) in [7, 11) is 0. The Bertz CT molecular complexity index is 536. The van der Waals surface area contributed by atoms with Crippen LogP contribution in [-0.2, 0) is 6.42 Å². The van der Waals surface area contributed by atoms with Gasteiger partial charge in [0.1, 0.15) is 5.82 Å². The Morgan fingerprint density at radius 3 is 2.14 bits per heavy atom. The third kappa shape index (κ3) is 4.55. The third-order valence-electron chi connectivity index (χ3n) is 3.46. The largest absolute Gasteiger partial charge is 0.383 e. The van der Waals surface area contributed by atoms with Gasteiger partial charge >= 0.3 is 0 Å². The second-order valence-electron chi connectivity index (χ2n) is 4.94. The molecule has 0 saturated heterocycles. The Morgan fingerprint density at radius 1 is 1.00 bits per heavy atom. The fourth-order valence-electron chi connectivity index (χ4n) is 1.98. The number of rotatable bonds is 4. The Morgan fingerprint density at radius 2 is 1.62 bits per heavy atom. The first kappa shape index (κ1) is 17.2. The van der Waals surface area contributed by atoms with Crippen molar-refractivity contribution in [2.45, 2.75) is 53.9 Å². The first-order valence-corrected chi connectivity index (χ1v) is 7.82. The van der Waals surface area contributed by atoms with Gasteiger partial charge in [0.05, 0.1) is 0 Å².